The van der Waals surface area contributed by atoms with Crippen LogP contribution in [0.15, 0.2) is 47.1 Å². The van der Waals surface area contributed by atoms with Crippen LogP contribution in [0.4, 0.5) is 0 Å². The predicted molar refractivity (Wildman–Crippen MR) is 87.8 cm³/mol. The second-order valence-corrected chi connectivity index (χ2v) is 5.19. The monoisotopic (exact) mass is 342 g/mol. The number of carbonyl (C=O) groups excluding carboxylic acids is 2. The van der Waals surface area contributed by atoms with Gasteiger partial charge in [0.15, 0.2) is 0 Å². The van der Waals surface area contributed by atoms with E-state index in [2.05, 4.69) is 0 Å². The van der Waals surface area contributed by atoms with Crippen LogP contribution in [-0.4, -0.2) is 25.7 Å². The molecule has 1 heterocycles. The standard InChI is InChI=1S/C18H18N2O5/c1-4-24-18(22)14-10(2)25-16(20)13(9-19)15(14)11-7-5-6-8-12(11)17(21)23-3/h5-8,15H,4,20H2,1-3H3. The molecule has 7 heteroatoms. The molecule has 1 aromatic rings. The van der Waals surface area contributed by atoms with E-state index in [0.29, 0.717) is 5.56 Å². The molecule has 1 aliphatic heterocycles. The number of esters is 2. The molecule has 0 bridgehead atoms. The molecule has 0 amide bonds. The Morgan fingerprint density at radius 3 is 2.60 bits per heavy atom. The van der Waals surface area contributed by atoms with Crippen molar-refractivity contribution in [2.45, 2.75) is 19.8 Å². The topological polar surface area (TPSA) is 112 Å². The van der Waals surface area contributed by atoms with Crippen LogP contribution >= 0.6 is 0 Å². The first-order valence-electron chi connectivity index (χ1n) is 7.58. The number of hydrogen-bond acceptors (Lipinski definition) is 7. The Balaban J connectivity index is 2.72. The third-order valence-electron chi connectivity index (χ3n) is 3.78. The number of nitriles is 1. The summed E-state index contributed by atoms with van der Waals surface area (Å²) < 4.78 is 15.2. The highest BCUT2D eigenvalue weighted by Gasteiger charge is 2.38. The zero-order chi connectivity index (χ0) is 18.6. The number of ether oxygens (including phenoxy) is 3. The average molecular weight is 342 g/mol. The van der Waals surface area contributed by atoms with E-state index in [1.54, 1.807) is 38.1 Å². The quantitative estimate of drug-likeness (QED) is 0.834. The van der Waals surface area contributed by atoms with E-state index in [1.165, 1.54) is 7.11 Å². The van der Waals surface area contributed by atoms with Gasteiger partial charge in [0.25, 0.3) is 0 Å². The largest absolute Gasteiger partial charge is 0.465 e. The van der Waals surface area contributed by atoms with Crippen molar-refractivity contribution < 1.29 is 23.8 Å². The molecule has 1 aromatic carbocycles. The van der Waals surface area contributed by atoms with Crippen LogP contribution in [0, 0.1) is 11.3 Å². The molecule has 25 heavy (non-hydrogen) atoms. The molecule has 130 valence electrons. The Labute approximate surface area is 145 Å². The van der Waals surface area contributed by atoms with Gasteiger partial charge in [0.2, 0.25) is 5.88 Å². The summed E-state index contributed by atoms with van der Waals surface area (Å²) in [6.07, 6.45) is 0. The van der Waals surface area contributed by atoms with Gasteiger partial charge in [-0.15, -0.1) is 0 Å². The van der Waals surface area contributed by atoms with Crippen molar-refractivity contribution in [3.8, 4) is 6.07 Å². The Morgan fingerprint density at radius 1 is 1.32 bits per heavy atom. The lowest BCUT2D eigenvalue weighted by Crippen LogP contribution is -2.26. The summed E-state index contributed by atoms with van der Waals surface area (Å²) in [7, 11) is 1.26. The summed E-state index contributed by atoms with van der Waals surface area (Å²) in [5, 5.41) is 9.54. The molecule has 2 rings (SSSR count). The summed E-state index contributed by atoms with van der Waals surface area (Å²) in [5.74, 6) is -1.99. The smallest absolute Gasteiger partial charge is 0.338 e. The van der Waals surface area contributed by atoms with E-state index in [4.69, 9.17) is 19.9 Å². The molecule has 0 saturated carbocycles. The number of allylic oxidation sites excluding steroid dienone is 2. The van der Waals surface area contributed by atoms with Gasteiger partial charge in [-0.2, -0.15) is 5.26 Å². The lowest BCUT2D eigenvalue weighted by Gasteiger charge is -2.27. The number of methoxy groups -OCH3 is 1. The van der Waals surface area contributed by atoms with Crippen molar-refractivity contribution in [1.82, 2.24) is 0 Å². The Hall–Kier alpha value is -3.27. The molecule has 0 spiro atoms. The number of rotatable bonds is 4. The lowest BCUT2D eigenvalue weighted by molar-refractivity contribution is -0.139. The number of benzene rings is 1. The molecule has 1 aliphatic rings. The summed E-state index contributed by atoms with van der Waals surface area (Å²) in [5.41, 5.74) is 6.64. The van der Waals surface area contributed by atoms with E-state index in [9.17, 15) is 14.9 Å². The summed E-state index contributed by atoms with van der Waals surface area (Å²) in [6, 6.07) is 8.52. The maximum absolute atomic E-state index is 12.5. The Bertz CT molecular complexity index is 817. The van der Waals surface area contributed by atoms with E-state index in [-0.39, 0.29) is 35.0 Å². The zero-order valence-corrected chi connectivity index (χ0v) is 14.2. The van der Waals surface area contributed by atoms with Crippen molar-refractivity contribution in [3.63, 3.8) is 0 Å². The first-order valence-corrected chi connectivity index (χ1v) is 7.58. The molecular weight excluding hydrogens is 324 g/mol. The van der Waals surface area contributed by atoms with Crippen molar-refractivity contribution in [1.29, 1.82) is 5.26 Å². The normalized spacial score (nSPS) is 16.8. The molecule has 2 N–H and O–H groups in total. The second-order valence-electron chi connectivity index (χ2n) is 5.19. The number of carbonyl (C=O) groups is 2. The Kier molecular flexibility index (Phi) is 5.45. The summed E-state index contributed by atoms with van der Waals surface area (Å²) in [4.78, 5) is 24.6. The van der Waals surface area contributed by atoms with Crippen LogP contribution in [0.3, 0.4) is 0 Å². The van der Waals surface area contributed by atoms with Crippen molar-refractivity contribution in [3.05, 3.63) is 58.2 Å². The van der Waals surface area contributed by atoms with Crippen LogP contribution in [0.2, 0.25) is 0 Å². The maximum atomic E-state index is 12.5. The van der Waals surface area contributed by atoms with Crippen LogP contribution in [-0.2, 0) is 19.0 Å². The van der Waals surface area contributed by atoms with Gasteiger partial charge < -0.3 is 19.9 Å². The number of nitrogens with zero attached hydrogens (tertiary/aromatic N) is 1. The van der Waals surface area contributed by atoms with E-state index < -0.39 is 17.9 Å². The highest BCUT2D eigenvalue weighted by molar-refractivity contribution is 5.96. The first-order chi connectivity index (χ1) is 12.0. The van der Waals surface area contributed by atoms with Crippen LogP contribution in [0.5, 0.6) is 0 Å². The molecular formula is C18H18N2O5. The molecule has 0 saturated heterocycles. The van der Waals surface area contributed by atoms with E-state index >= 15 is 0 Å². The fraction of sp³-hybridized carbons (Fsp3) is 0.278. The van der Waals surface area contributed by atoms with Gasteiger partial charge in [0, 0.05) is 0 Å². The predicted octanol–water partition coefficient (Wildman–Crippen LogP) is 2.12. The highest BCUT2D eigenvalue weighted by Crippen LogP contribution is 2.40. The van der Waals surface area contributed by atoms with Crippen LogP contribution < -0.4 is 5.73 Å². The van der Waals surface area contributed by atoms with Crippen molar-refractivity contribution >= 4 is 11.9 Å². The third kappa shape index (κ3) is 3.33. The minimum absolute atomic E-state index is 0.0324. The summed E-state index contributed by atoms with van der Waals surface area (Å²) in [6.45, 7) is 3.38. The molecule has 0 aromatic heterocycles. The molecule has 0 aliphatic carbocycles. The highest BCUT2D eigenvalue weighted by atomic mass is 16.5. The van der Waals surface area contributed by atoms with Gasteiger partial charge in [-0.25, -0.2) is 9.59 Å². The molecule has 1 unspecified atom stereocenters. The average Bonchev–Trinajstić information content (AvgIpc) is 2.60. The third-order valence-corrected chi connectivity index (χ3v) is 3.78. The number of hydrogen-bond donors (Lipinski definition) is 1. The maximum Gasteiger partial charge on any atom is 0.338 e. The van der Waals surface area contributed by atoms with Gasteiger partial charge in [-0.1, -0.05) is 18.2 Å². The zero-order valence-electron chi connectivity index (χ0n) is 14.2. The lowest BCUT2D eigenvalue weighted by atomic mass is 9.81. The van der Waals surface area contributed by atoms with Gasteiger partial charge in [-0.05, 0) is 25.5 Å². The molecule has 1 atom stereocenters. The molecule has 0 radical (unpaired) electrons. The van der Waals surface area contributed by atoms with Crippen molar-refractivity contribution in [2.24, 2.45) is 5.73 Å². The fourth-order valence-corrected chi connectivity index (χ4v) is 2.71. The van der Waals surface area contributed by atoms with Crippen LogP contribution in [0.25, 0.3) is 0 Å². The molecule has 0 fully saturated rings. The SMILES string of the molecule is CCOC(=O)C1=C(C)OC(N)=C(C#N)C1c1ccccc1C(=O)OC. The summed E-state index contributed by atoms with van der Waals surface area (Å²) >= 11 is 0. The second kappa shape index (κ2) is 7.53. The Morgan fingerprint density at radius 2 is 2.00 bits per heavy atom. The first kappa shape index (κ1) is 18.1. The fourth-order valence-electron chi connectivity index (χ4n) is 2.71. The number of nitrogens with two attached hydrogens (primary N) is 1. The van der Waals surface area contributed by atoms with Crippen molar-refractivity contribution in [2.75, 3.05) is 13.7 Å². The van der Waals surface area contributed by atoms with Gasteiger partial charge >= 0.3 is 11.9 Å². The van der Waals surface area contributed by atoms with Gasteiger partial charge in [0.05, 0.1) is 30.8 Å². The minimum Gasteiger partial charge on any atom is -0.465 e. The molecule has 7 nitrogen and oxygen atoms in total. The van der Waals surface area contributed by atoms with Gasteiger partial charge in [-0.3, -0.25) is 0 Å². The minimum atomic E-state index is -0.881. The van der Waals surface area contributed by atoms with E-state index in [1.807, 2.05) is 6.07 Å². The van der Waals surface area contributed by atoms with Crippen LogP contribution in [0.1, 0.15) is 35.7 Å². The van der Waals surface area contributed by atoms with E-state index in [0.717, 1.165) is 0 Å². The van der Waals surface area contributed by atoms with Gasteiger partial charge in [0.1, 0.15) is 17.4 Å².